The Morgan fingerprint density at radius 2 is 1.96 bits per heavy atom. The van der Waals surface area contributed by atoms with Crippen molar-refractivity contribution in [2.75, 3.05) is 11.4 Å². The lowest BCUT2D eigenvalue weighted by Crippen LogP contribution is -2.28. The van der Waals surface area contributed by atoms with Gasteiger partial charge < -0.3 is 4.90 Å². The number of sulfonamides is 1. The largest absolute Gasteiger partial charge is 0.312 e. The Bertz CT molecular complexity index is 992. The van der Waals surface area contributed by atoms with Crippen LogP contribution in [-0.2, 0) is 21.2 Å². The Balaban J connectivity index is 1.90. The number of amides is 1. The van der Waals surface area contributed by atoms with E-state index in [1.54, 1.807) is 35.2 Å². The maximum Gasteiger partial charge on any atom is 0.241 e. The summed E-state index contributed by atoms with van der Waals surface area (Å²) in [6.45, 7) is 3.94. The molecule has 1 atom stereocenters. The highest BCUT2D eigenvalue weighted by atomic mass is 35.5. The van der Waals surface area contributed by atoms with E-state index in [-0.39, 0.29) is 10.8 Å². The van der Waals surface area contributed by atoms with Gasteiger partial charge in [-0.25, -0.2) is 13.1 Å². The quantitative estimate of drug-likeness (QED) is 0.773. The number of nitrogens with zero attached hydrogens (tertiary/aromatic N) is 1. The van der Waals surface area contributed by atoms with Crippen LogP contribution in [0.4, 0.5) is 5.69 Å². The van der Waals surface area contributed by atoms with E-state index in [0.717, 1.165) is 11.3 Å². The summed E-state index contributed by atoms with van der Waals surface area (Å²) in [5.74, 6) is -0.0517. The molecule has 1 heterocycles. The van der Waals surface area contributed by atoms with Crippen LogP contribution in [-0.4, -0.2) is 20.9 Å². The summed E-state index contributed by atoms with van der Waals surface area (Å²) >= 11 is 12.3. The minimum absolute atomic E-state index is 0.0517. The Morgan fingerprint density at radius 1 is 1.22 bits per heavy atom. The van der Waals surface area contributed by atoms with Gasteiger partial charge in [0.25, 0.3) is 0 Å². The van der Waals surface area contributed by atoms with Crippen molar-refractivity contribution < 1.29 is 13.2 Å². The highest BCUT2D eigenvalue weighted by Crippen LogP contribution is 2.32. The van der Waals surface area contributed by atoms with Gasteiger partial charge in [-0.3, -0.25) is 4.79 Å². The smallest absolute Gasteiger partial charge is 0.241 e. The van der Waals surface area contributed by atoms with E-state index in [4.69, 9.17) is 23.2 Å². The van der Waals surface area contributed by atoms with E-state index >= 15 is 0 Å². The first-order chi connectivity index (χ1) is 12.7. The molecular weight excluding hydrogens is 407 g/mol. The first-order valence-corrected chi connectivity index (χ1v) is 10.8. The first-order valence-electron chi connectivity index (χ1n) is 8.61. The minimum atomic E-state index is -3.76. The predicted octanol–water partition coefficient (Wildman–Crippen LogP) is 4.33. The molecule has 3 rings (SSSR count). The van der Waals surface area contributed by atoms with Gasteiger partial charge in [-0.05, 0) is 60.4 Å². The summed E-state index contributed by atoms with van der Waals surface area (Å²) in [4.78, 5) is 13.5. The molecule has 0 aliphatic carbocycles. The molecule has 1 N–H and O–H groups in total. The number of hydrogen-bond donors (Lipinski definition) is 1. The Kier molecular flexibility index (Phi) is 5.82. The molecule has 1 aliphatic rings. The van der Waals surface area contributed by atoms with Crippen LogP contribution >= 0.6 is 23.2 Å². The third kappa shape index (κ3) is 4.14. The molecule has 1 aliphatic heterocycles. The monoisotopic (exact) mass is 426 g/mol. The van der Waals surface area contributed by atoms with Crippen molar-refractivity contribution in [3.8, 4) is 0 Å². The zero-order valence-electron chi connectivity index (χ0n) is 15.0. The summed E-state index contributed by atoms with van der Waals surface area (Å²) in [5.41, 5.74) is 2.26. The van der Waals surface area contributed by atoms with Crippen LogP contribution < -0.4 is 9.62 Å². The minimum Gasteiger partial charge on any atom is -0.312 e. The zero-order chi connectivity index (χ0) is 19.8. The molecule has 0 saturated heterocycles. The topological polar surface area (TPSA) is 66.5 Å². The van der Waals surface area contributed by atoms with Gasteiger partial charge in [-0.1, -0.05) is 30.1 Å². The fraction of sp³-hybridized carbons (Fsp3) is 0.316. The molecule has 8 heteroatoms. The second kappa shape index (κ2) is 7.80. The third-order valence-electron chi connectivity index (χ3n) is 4.68. The van der Waals surface area contributed by atoms with E-state index in [2.05, 4.69) is 4.72 Å². The van der Waals surface area contributed by atoms with E-state index in [9.17, 15) is 13.2 Å². The number of nitrogens with one attached hydrogen (secondary N) is 1. The second-order valence-corrected chi connectivity index (χ2v) is 9.02. The molecule has 144 valence electrons. The summed E-state index contributed by atoms with van der Waals surface area (Å²) < 4.78 is 28.6. The number of carbonyl (C=O) groups is 1. The van der Waals surface area contributed by atoms with E-state index < -0.39 is 16.1 Å². The van der Waals surface area contributed by atoms with Gasteiger partial charge in [-0.15, -0.1) is 0 Å². The van der Waals surface area contributed by atoms with Crippen LogP contribution in [0.25, 0.3) is 0 Å². The van der Waals surface area contributed by atoms with Crippen LogP contribution in [0.15, 0.2) is 41.3 Å². The molecule has 0 radical (unpaired) electrons. The average Bonchev–Trinajstić information content (AvgIpc) is 3.05. The first kappa shape index (κ1) is 20.1. The number of halogens is 2. The molecule has 5 nitrogen and oxygen atoms in total. The molecule has 0 saturated carbocycles. The molecule has 1 amide bonds. The third-order valence-corrected chi connectivity index (χ3v) is 6.72. The highest BCUT2D eigenvalue weighted by Gasteiger charge is 2.26. The van der Waals surface area contributed by atoms with Crippen molar-refractivity contribution >= 4 is 44.8 Å². The number of carbonyl (C=O) groups excluding carboxylic acids is 1. The molecule has 0 unspecified atom stereocenters. The molecule has 0 bridgehead atoms. The summed E-state index contributed by atoms with van der Waals surface area (Å²) in [6, 6.07) is 9.34. The van der Waals surface area contributed by atoms with Crippen LogP contribution in [0, 0.1) is 0 Å². The molecule has 0 fully saturated rings. The Hall–Kier alpha value is -1.60. The Labute approximate surface area is 169 Å². The van der Waals surface area contributed by atoms with Gasteiger partial charge >= 0.3 is 0 Å². The van der Waals surface area contributed by atoms with Crippen molar-refractivity contribution in [2.24, 2.45) is 0 Å². The maximum atomic E-state index is 12.9. The fourth-order valence-corrected chi connectivity index (χ4v) is 5.05. The van der Waals surface area contributed by atoms with Gasteiger partial charge in [0.05, 0.1) is 4.90 Å². The van der Waals surface area contributed by atoms with E-state index in [1.165, 1.54) is 13.0 Å². The predicted molar refractivity (Wildman–Crippen MR) is 108 cm³/mol. The van der Waals surface area contributed by atoms with Gasteiger partial charge in [-0.2, -0.15) is 0 Å². The molecule has 0 aromatic heterocycles. The SMILES string of the molecule is CC[C@H](NS(=O)(=O)c1ccc2c(c1)CCN2C(C)=O)c1cc(Cl)ccc1Cl. The van der Waals surface area contributed by atoms with Crippen LogP contribution in [0.5, 0.6) is 0 Å². The lowest BCUT2D eigenvalue weighted by molar-refractivity contribution is -0.116. The lowest BCUT2D eigenvalue weighted by atomic mass is 10.1. The fourth-order valence-electron chi connectivity index (χ4n) is 3.28. The molecule has 2 aromatic rings. The molecular formula is C19H20Cl2N2O3S. The van der Waals surface area contributed by atoms with Gasteiger partial charge in [0.15, 0.2) is 0 Å². The molecule has 2 aromatic carbocycles. The van der Waals surface area contributed by atoms with Gasteiger partial charge in [0.2, 0.25) is 15.9 Å². The number of fused-ring (bicyclic) bond motifs is 1. The molecule has 27 heavy (non-hydrogen) atoms. The summed E-state index contributed by atoms with van der Waals surface area (Å²) in [5, 5.41) is 0.953. The number of hydrogen-bond acceptors (Lipinski definition) is 3. The highest BCUT2D eigenvalue weighted by molar-refractivity contribution is 7.89. The van der Waals surface area contributed by atoms with Crippen LogP contribution in [0.3, 0.4) is 0 Å². The van der Waals surface area contributed by atoms with Gasteiger partial charge in [0.1, 0.15) is 0 Å². The number of anilines is 1. The normalized spacial score (nSPS) is 14.9. The van der Waals surface area contributed by atoms with Crippen molar-refractivity contribution in [3.05, 3.63) is 57.6 Å². The maximum absolute atomic E-state index is 12.9. The van der Waals surface area contributed by atoms with E-state index in [1.807, 2.05) is 6.92 Å². The van der Waals surface area contributed by atoms with Crippen LogP contribution in [0.2, 0.25) is 10.0 Å². The van der Waals surface area contributed by atoms with Crippen molar-refractivity contribution in [3.63, 3.8) is 0 Å². The summed E-state index contributed by atoms with van der Waals surface area (Å²) in [6.07, 6.45) is 1.15. The zero-order valence-corrected chi connectivity index (χ0v) is 17.3. The number of rotatable bonds is 5. The van der Waals surface area contributed by atoms with E-state index in [0.29, 0.717) is 35.0 Å². The van der Waals surface area contributed by atoms with Crippen molar-refractivity contribution in [1.29, 1.82) is 0 Å². The second-order valence-electron chi connectivity index (χ2n) is 6.46. The molecule has 0 spiro atoms. The van der Waals surface area contributed by atoms with Crippen LogP contribution in [0.1, 0.15) is 37.4 Å². The average molecular weight is 427 g/mol. The lowest BCUT2D eigenvalue weighted by Gasteiger charge is -2.20. The Morgan fingerprint density at radius 3 is 2.63 bits per heavy atom. The van der Waals surface area contributed by atoms with Gasteiger partial charge in [0, 0.05) is 35.2 Å². The summed E-state index contributed by atoms with van der Waals surface area (Å²) in [7, 11) is -3.76. The standard InChI is InChI=1S/C19H20Cl2N2O3S/c1-3-18(16-11-14(20)4-6-17(16)21)22-27(25,26)15-5-7-19-13(10-15)8-9-23(19)12(2)24/h4-7,10-11,18,22H,3,8-9H2,1-2H3/t18-/m0/s1. The van der Waals surface area contributed by atoms with Crippen molar-refractivity contribution in [2.45, 2.75) is 37.6 Å². The van der Waals surface area contributed by atoms with Crippen molar-refractivity contribution in [1.82, 2.24) is 4.72 Å². The number of benzene rings is 2.